The molecule has 0 bridgehead atoms. The average molecular weight is 403 g/mol. The van der Waals surface area contributed by atoms with Gasteiger partial charge < -0.3 is 4.74 Å². The Morgan fingerprint density at radius 3 is 2.17 bits per heavy atom. The van der Waals surface area contributed by atoms with E-state index in [0.717, 1.165) is 12.8 Å². The van der Waals surface area contributed by atoms with Gasteiger partial charge in [-0.05, 0) is 53.9 Å². The van der Waals surface area contributed by atoms with Gasteiger partial charge in [0.25, 0.3) is 0 Å². The van der Waals surface area contributed by atoms with Crippen LogP contribution >= 0.6 is 0 Å². The van der Waals surface area contributed by atoms with Crippen LogP contribution in [0.1, 0.15) is 64.0 Å². The van der Waals surface area contributed by atoms with Crippen molar-refractivity contribution >= 4 is 0 Å². The van der Waals surface area contributed by atoms with E-state index >= 15 is 0 Å². The number of hydrogen-bond acceptors (Lipinski definition) is 1. The lowest BCUT2D eigenvalue weighted by Crippen LogP contribution is -2.25. The van der Waals surface area contributed by atoms with Gasteiger partial charge in [-0.3, -0.25) is 0 Å². The molecule has 0 heterocycles. The third-order valence-corrected chi connectivity index (χ3v) is 6.15. The number of hydrogen-bond donors (Lipinski definition) is 0. The van der Waals surface area contributed by atoms with E-state index in [-0.39, 0.29) is 6.10 Å². The van der Waals surface area contributed by atoms with Crippen molar-refractivity contribution in [2.75, 3.05) is 0 Å². The van der Waals surface area contributed by atoms with Crippen molar-refractivity contribution in [1.29, 1.82) is 0 Å². The summed E-state index contributed by atoms with van der Waals surface area (Å²) in [6.07, 6.45) is 12.4. The molecule has 0 fully saturated rings. The van der Waals surface area contributed by atoms with Crippen LogP contribution < -0.4 is 0 Å². The molecule has 0 aromatic heterocycles. The largest absolute Gasteiger partial charge is 0.368 e. The van der Waals surface area contributed by atoms with Crippen molar-refractivity contribution in [3.63, 3.8) is 0 Å². The SMILES string of the molecule is CCCCCC1=C[C@@H](C(C)C)[C@H](OCc2ccccc2)/C1=C/CCc1ccccc1. The van der Waals surface area contributed by atoms with Gasteiger partial charge in [-0.15, -0.1) is 0 Å². The molecule has 0 aliphatic heterocycles. The van der Waals surface area contributed by atoms with Gasteiger partial charge in [-0.25, -0.2) is 0 Å². The maximum Gasteiger partial charge on any atom is 0.0894 e. The zero-order valence-corrected chi connectivity index (χ0v) is 19.0. The fourth-order valence-electron chi connectivity index (χ4n) is 4.39. The van der Waals surface area contributed by atoms with E-state index in [9.17, 15) is 0 Å². The molecular weight excluding hydrogens is 364 g/mol. The molecule has 3 rings (SSSR count). The fourth-order valence-corrected chi connectivity index (χ4v) is 4.39. The standard InChI is InChI=1S/C29H38O/c1-4-5-8-19-26-21-28(23(2)3)29(30-22-25-16-11-7-12-17-25)27(26)20-13-18-24-14-9-6-10-15-24/h6-7,9-12,14-17,20-21,23,28-29H,4-5,8,13,18-19,22H2,1-3H3/b27-20+/t28-,29+/m0/s1. The van der Waals surface area contributed by atoms with Crippen LogP contribution in [0.2, 0.25) is 0 Å². The van der Waals surface area contributed by atoms with Crippen molar-refractivity contribution in [1.82, 2.24) is 0 Å². The van der Waals surface area contributed by atoms with Crippen LogP contribution in [0.5, 0.6) is 0 Å². The van der Waals surface area contributed by atoms with E-state index in [1.54, 1.807) is 0 Å². The zero-order valence-electron chi connectivity index (χ0n) is 19.0. The van der Waals surface area contributed by atoms with Gasteiger partial charge >= 0.3 is 0 Å². The van der Waals surface area contributed by atoms with Crippen molar-refractivity contribution < 1.29 is 4.74 Å². The molecular formula is C29H38O. The zero-order chi connectivity index (χ0) is 21.2. The van der Waals surface area contributed by atoms with Gasteiger partial charge in [0.15, 0.2) is 0 Å². The molecule has 1 aliphatic carbocycles. The monoisotopic (exact) mass is 402 g/mol. The summed E-state index contributed by atoms with van der Waals surface area (Å²) in [5.74, 6) is 1.04. The summed E-state index contributed by atoms with van der Waals surface area (Å²) in [6.45, 7) is 7.62. The van der Waals surface area contributed by atoms with Crippen LogP contribution in [0.4, 0.5) is 0 Å². The van der Waals surface area contributed by atoms with E-state index in [4.69, 9.17) is 4.74 Å². The first-order chi connectivity index (χ1) is 14.7. The molecule has 0 spiro atoms. The van der Waals surface area contributed by atoms with E-state index in [1.807, 2.05) is 0 Å². The second-order valence-corrected chi connectivity index (χ2v) is 8.87. The van der Waals surface area contributed by atoms with Crippen molar-refractivity contribution in [3.8, 4) is 0 Å². The van der Waals surface area contributed by atoms with Crippen molar-refractivity contribution in [2.24, 2.45) is 11.8 Å². The first kappa shape index (κ1) is 22.6. The van der Waals surface area contributed by atoms with Crippen molar-refractivity contribution in [3.05, 3.63) is 95.1 Å². The van der Waals surface area contributed by atoms with Crippen LogP contribution in [0, 0.1) is 11.8 Å². The highest BCUT2D eigenvalue weighted by Gasteiger charge is 2.34. The Balaban J connectivity index is 1.76. The Morgan fingerprint density at radius 1 is 0.867 bits per heavy atom. The molecule has 2 aromatic carbocycles. The van der Waals surface area contributed by atoms with Crippen molar-refractivity contribution in [2.45, 2.75) is 72.0 Å². The minimum Gasteiger partial charge on any atom is -0.368 e. The van der Waals surface area contributed by atoms with E-state index < -0.39 is 0 Å². The van der Waals surface area contributed by atoms with E-state index in [1.165, 1.54) is 48.0 Å². The highest BCUT2D eigenvalue weighted by atomic mass is 16.5. The van der Waals surface area contributed by atoms with Gasteiger partial charge in [0.1, 0.15) is 0 Å². The second-order valence-electron chi connectivity index (χ2n) is 8.87. The minimum atomic E-state index is 0.178. The Morgan fingerprint density at radius 2 is 1.53 bits per heavy atom. The highest BCUT2D eigenvalue weighted by molar-refractivity contribution is 5.42. The molecule has 0 saturated carbocycles. The van der Waals surface area contributed by atoms with E-state index in [2.05, 4.69) is 93.6 Å². The normalized spacial score (nSPS) is 20.1. The molecule has 2 atom stereocenters. The maximum absolute atomic E-state index is 6.59. The predicted octanol–water partition coefficient (Wildman–Crippen LogP) is 7.92. The summed E-state index contributed by atoms with van der Waals surface area (Å²) in [4.78, 5) is 0. The third-order valence-electron chi connectivity index (χ3n) is 6.15. The lowest BCUT2D eigenvalue weighted by molar-refractivity contribution is 0.0325. The number of benzene rings is 2. The summed E-state index contributed by atoms with van der Waals surface area (Å²) in [7, 11) is 0. The van der Waals surface area contributed by atoms with Crippen LogP contribution in [0.15, 0.2) is 84.0 Å². The van der Waals surface area contributed by atoms with Gasteiger partial charge in [0.2, 0.25) is 0 Å². The lowest BCUT2D eigenvalue weighted by Gasteiger charge is -2.25. The van der Waals surface area contributed by atoms with Crippen LogP contribution in [0.3, 0.4) is 0 Å². The van der Waals surface area contributed by atoms with Gasteiger partial charge in [0.05, 0.1) is 12.7 Å². The second kappa shape index (κ2) is 11.9. The number of aryl methyl sites for hydroxylation is 1. The van der Waals surface area contributed by atoms with Gasteiger partial charge in [0, 0.05) is 5.92 Å². The highest BCUT2D eigenvalue weighted by Crippen LogP contribution is 2.40. The Kier molecular flexibility index (Phi) is 8.96. The molecule has 1 aliphatic rings. The first-order valence-corrected chi connectivity index (χ1v) is 11.8. The summed E-state index contributed by atoms with van der Waals surface area (Å²) < 4.78 is 6.59. The van der Waals surface area contributed by atoms with Crippen LogP contribution in [-0.4, -0.2) is 6.10 Å². The Bertz CT molecular complexity index is 801. The number of ether oxygens (including phenoxy) is 1. The van der Waals surface area contributed by atoms with E-state index in [0.29, 0.717) is 18.4 Å². The smallest absolute Gasteiger partial charge is 0.0894 e. The topological polar surface area (TPSA) is 9.23 Å². The summed E-state index contributed by atoms with van der Waals surface area (Å²) in [5.41, 5.74) is 5.65. The minimum absolute atomic E-state index is 0.178. The third kappa shape index (κ3) is 6.44. The molecule has 2 aromatic rings. The molecule has 30 heavy (non-hydrogen) atoms. The molecule has 0 unspecified atom stereocenters. The quantitative estimate of drug-likeness (QED) is 0.347. The molecule has 0 radical (unpaired) electrons. The molecule has 0 saturated heterocycles. The lowest BCUT2D eigenvalue weighted by atomic mass is 9.91. The first-order valence-electron chi connectivity index (χ1n) is 11.8. The Labute approximate surface area is 183 Å². The molecule has 1 heteroatoms. The predicted molar refractivity (Wildman–Crippen MR) is 128 cm³/mol. The molecule has 0 amide bonds. The van der Waals surface area contributed by atoms with Gasteiger partial charge in [-0.2, -0.15) is 0 Å². The molecule has 160 valence electrons. The number of unbranched alkanes of at least 4 members (excludes halogenated alkanes) is 2. The number of rotatable bonds is 11. The maximum atomic E-state index is 6.59. The van der Waals surface area contributed by atoms with Crippen LogP contribution in [0.25, 0.3) is 0 Å². The molecule has 1 nitrogen and oxygen atoms in total. The fraction of sp³-hybridized carbons (Fsp3) is 0.448. The average Bonchev–Trinajstić information content (AvgIpc) is 3.12. The summed E-state index contributed by atoms with van der Waals surface area (Å²) in [6, 6.07) is 21.4. The number of allylic oxidation sites excluding steroid dienone is 1. The molecule has 0 N–H and O–H groups in total. The summed E-state index contributed by atoms with van der Waals surface area (Å²) >= 11 is 0. The summed E-state index contributed by atoms with van der Waals surface area (Å²) in [5, 5.41) is 0. The Hall–Kier alpha value is -2.12. The van der Waals surface area contributed by atoms with Gasteiger partial charge in [-0.1, -0.05) is 106 Å². The van der Waals surface area contributed by atoms with Crippen LogP contribution in [-0.2, 0) is 17.8 Å².